The number of para-hydroxylation sites is 1. The predicted octanol–water partition coefficient (Wildman–Crippen LogP) is 3.61. The standard InChI is InChI=1S/C21H28NO6P/c1-16(14-26-19-5-3-2-4-6-19)28-20-9-7-17(8-10-20)18-11-12-21(22,13-18)15-27-29(23,24)25/h2-10,16,18H,11-15,22H2,1H3,(H2,23,24,25)/t16-,18+,21+/m0/s1. The molecule has 29 heavy (non-hydrogen) atoms. The van der Waals surface area contributed by atoms with Crippen molar-refractivity contribution in [2.24, 2.45) is 5.73 Å². The molecule has 0 radical (unpaired) electrons. The van der Waals surface area contributed by atoms with Crippen LogP contribution in [-0.2, 0) is 9.09 Å². The molecule has 0 saturated heterocycles. The van der Waals surface area contributed by atoms with Gasteiger partial charge in [0.1, 0.15) is 24.2 Å². The van der Waals surface area contributed by atoms with Crippen molar-refractivity contribution in [2.75, 3.05) is 13.2 Å². The fraction of sp³-hybridized carbons (Fsp3) is 0.429. The molecule has 7 nitrogen and oxygen atoms in total. The number of benzene rings is 2. The Kier molecular flexibility index (Phi) is 6.98. The minimum atomic E-state index is -4.51. The van der Waals surface area contributed by atoms with Gasteiger partial charge in [0.25, 0.3) is 0 Å². The van der Waals surface area contributed by atoms with Crippen molar-refractivity contribution in [2.45, 2.75) is 43.7 Å². The summed E-state index contributed by atoms with van der Waals surface area (Å²) in [5, 5.41) is 0. The van der Waals surface area contributed by atoms with Crippen LogP contribution in [0.25, 0.3) is 0 Å². The lowest BCUT2D eigenvalue weighted by atomic mass is 9.94. The minimum Gasteiger partial charge on any atom is -0.490 e. The average Bonchev–Trinajstić information content (AvgIpc) is 3.09. The summed E-state index contributed by atoms with van der Waals surface area (Å²) in [4.78, 5) is 17.8. The Bertz CT molecular complexity index is 825. The van der Waals surface area contributed by atoms with E-state index in [2.05, 4.69) is 4.52 Å². The molecule has 2 aromatic carbocycles. The fourth-order valence-electron chi connectivity index (χ4n) is 3.60. The van der Waals surface area contributed by atoms with Gasteiger partial charge in [0.2, 0.25) is 0 Å². The first-order chi connectivity index (χ1) is 13.7. The van der Waals surface area contributed by atoms with Crippen molar-refractivity contribution in [1.82, 2.24) is 0 Å². The third-order valence-corrected chi connectivity index (χ3v) is 5.55. The summed E-state index contributed by atoms with van der Waals surface area (Å²) in [6.45, 7) is 2.26. The highest BCUT2D eigenvalue weighted by Crippen LogP contribution is 2.43. The third kappa shape index (κ3) is 6.84. The maximum atomic E-state index is 10.9. The lowest BCUT2D eigenvalue weighted by Crippen LogP contribution is -2.41. The Morgan fingerprint density at radius 3 is 2.48 bits per heavy atom. The van der Waals surface area contributed by atoms with Gasteiger partial charge in [-0.3, -0.25) is 4.52 Å². The highest BCUT2D eigenvalue weighted by atomic mass is 31.2. The first kappa shape index (κ1) is 21.8. The SMILES string of the molecule is C[C@@H](COc1ccccc1)Oc1ccc([C@@H]2CC[C@](N)(COP(=O)(O)O)C2)cc1. The monoisotopic (exact) mass is 421 g/mol. The zero-order chi connectivity index (χ0) is 20.9. The van der Waals surface area contributed by atoms with E-state index in [-0.39, 0.29) is 18.6 Å². The summed E-state index contributed by atoms with van der Waals surface area (Å²) < 4.78 is 27.2. The molecule has 8 heteroatoms. The van der Waals surface area contributed by atoms with Gasteiger partial charge in [-0.05, 0) is 61.9 Å². The second-order valence-corrected chi connectivity index (χ2v) is 8.93. The number of hydrogen-bond donors (Lipinski definition) is 3. The molecule has 0 aliphatic heterocycles. The summed E-state index contributed by atoms with van der Waals surface area (Å²) in [5.41, 5.74) is 6.68. The average molecular weight is 421 g/mol. The zero-order valence-corrected chi connectivity index (χ0v) is 17.3. The quantitative estimate of drug-likeness (QED) is 0.531. The molecule has 3 rings (SSSR count). The van der Waals surface area contributed by atoms with Gasteiger partial charge in [0.15, 0.2) is 0 Å². The van der Waals surface area contributed by atoms with Crippen molar-refractivity contribution in [3.63, 3.8) is 0 Å². The Balaban J connectivity index is 1.49. The van der Waals surface area contributed by atoms with E-state index in [1.807, 2.05) is 61.5 Å². The maximum Gasteiger partial charge on any atom is 0.469 e. The van der Waals surface area contributed by atoms with Gasteiger partial charge in [-0.25, -0.2) is 4.57 Å². The molecule has 0 bridgehead atoms. The van der Waals surface area contributed by atoms with Crippen molar-refractivity contribution < 1.29 is 28.3 Å². The molecule has 158 valence electrons. The molecule has 1 aliphatic rings. The van der Waals surface area contributed by atoms with E-state index in [4.69, 9.17) is 25.0 Å². The van der Waals surface area contributed by atoms with Gasteiger partial charge < -0.3 is 25.0 Å². The fourth-order valence-corrected chi connectivity index (χ4v) is 4.03. The first-order valence-corrected chi connectivity index (χ1v) is 11.2. The number of ether oxygens (including phenoxy) is 2. The molecular weight excluding hydrogens is 393 g/mol. The van der Waals surface area contributed by atoms with Gasteiger partial charge in [-0.15, -0.1) is 0 Å². The van der Waals surface area contributed by atoms with Crippen LogP contribution >= 0.6 is 7.82 Å². The van der Waals surface area contributed by atoms with E-state index in [1.54, 1.807) is 0 Å². The lowest BCUT2D eigenvalue weighted by molar-refractivity contribution is 0.143. The van der Waals surface area contributed by atoms with Crippen molar-refractivity contribution in [3.05, 3.63) is 60.2 Å². The van der Waals surface area contributed by atoms with Crippen molar-refractivity contribution in [3.8, 4) is 11.5 Å². The van der Waals surface area contributed by atoms with Crippen molar-refractivity contribution in [1.29, 1.82) is 0 Å². The molecule has 1 saturated carbocycles. The second-order valence-electron chi connectivity index (χ2n) is 7.69. The number of hydrogen-bond acceptors (Lipinski definition) is 5. The first-order valence-electron chi connectivity index (χ1n) is 9.66. The molecule has 4 N–H and O–H groups in total. The van der Waals surface area contributed by atoms with Crippen LogP contribution < -0.4 is 15.2 Å². The lowest BCUT2D eigenvalue weighted by Gasteiger charge is -2.24. The van der Waals surface area contributed by atoms with Crippen LogP contribution in [0, 0.1) is 0 Å². The summed E-state index contributed by atoms with van der Waals surface area (Å²) in [6, 6.07) is 17.5. The van der Waals surface area contributed by atoms with Gasteiger partial charge in [0.05, 0.1) is 6.61 Å². The molecular formula is C21H28NO6P. The second kappa shape index (κ2) is 9.28. The molecule has 0 amide bonds. The normalized spacial score (nSPS) is 23.0. The Morgan fingerprint density at radius 1 is 1.14 bits per heavy atom. The van der Waals surface area contributed by atoms with Crippen LogP contribution in [0.4, 0.5) is 0 Å². The number of phosphoric ester groups is 1. The Morgan fingerprint density at radius 2 is 1.83 bits per heavy atom. The highest BCUT2D eigenvalue weighted by Gasteiger charge is 2.38. The van der Waals surface area contributed by atoms with E-state index in [0.29, 0.717) is 19.4 Å². The largest absolute Gasteiger partial charge is 0.490 e. The van der Waals surface area contributed by atoms with Gasteiger partial charge >= 0.3 is 7.82 Å². The molecule has 0 heterocycles. The summed E-state index contributed by atoms with van der Waals surface area (Å²) in [5.74, 6) is 1.81. The van der Waals surface area contributed by atoms with E-state index in [9.17, 15) is 4.57 Å². The number of nitrogens with two attached hydrogens (primary N) is 1. The molecule has 1 aliphatic carbocycles. The van der Waals surface area contributed by atoms with E-state index < -0.39 is 13.4 Å². The summed E-state index contributed by atoms with van der Waals surface area (Å²) in [7, 11) is -4.51. The Hall–Kier alpha value is -1.89. The smallest absolute Gasteiger partial charge is 0.469 e. The molecule has 0 unspecified atom stereocenters. The summed E-state index contributed by atoms with van der Waals surface area (Å²) >= 11 is 0. The molecule has 0 aromatic heterocycles. The topological polar surface area (TPSA) is 111 Å². The van der Waals surface area contributed by atoms with Gasteiger partial charge in [-0.2, -0.15) is 0 Å². The predicted molar refractivity (Wildman–Crippen MR) is 110 cm³/mol. The molecule has 1 fully saturated rings. The van der Waals surface area contributed by atoms with E-state index in [1.165, 1.54) is 0 Å². The van der Waals surface area contributed by atoms with E-state index in [0.717, 1.165) is 23.5 Å². The van der Waals surface area contributed by atoms with Crippen LogP contribution in [0.1, 0.15) is 37.7 Å². The van der Waals surface area contributed by atoms with Crippen molar-refractivity contribution >= 4 is 7.82 Å². The third-order valence-electron chi connectivity index (χ3n) is 5.08. The zero-order valence-electron chi connectivity index (χ0n) is 16.4. The molecule has 0 spiro atoms. The number of rotatable bonds is 9. The van der Waals surface area contributed by atoms with Gasteiger partial charge in [-0.1, -0.05) is 30.3 Å². The highest BCUT2D eigenvalue weighted by molar-refractivity contribution is 7.46. The molecule has 3 atom stereocenters. The number of phosphoric acid groups is 1. The minimum absolute atomic E-state index is 0.103. The summed E-state index contributed by atoms with van der Waals surface area (Å²) in [6.07, 6.45) is 2.02. The van der Waals surface area contributed by atoms with Gasteiger partial charge in [0, 0.05) is 5.54 Å². The van der Waals surface area contributed by atoms with Crippen LogP contribution in [0.15, 0.2) is 54.6 Å². The van der Waals surface area contributed by atoms with Crippen LogP contribution in [0.5, 0.6) is 11.5 Å². The van der Waals surface area contributed by atoms with Crippen LogP contribution in [-0.4, -0.2) is 34.6 Å². The van der Waals surface area contributed by atoms with Crippen LogP contribution in [0.2, 0.25) is 0 Å². The van der Waals surface area contributed by atoms with Crippen LogP contribution in [0.3, 0.4) is 0 Å². The Labute approximate surface area is 171 Å². The molecule has 2 aromatic rings. The maximum absolute atomic E-state index is 10.9. The van der Waals surface area contributed by atoms with E-state index >= 15 is 0 Å².